The first kappa shape index (κ1) is 12.1. The zero-order chi connectivity index (χ0) is 12.1. The molecule has 3 N–H and O–H groups in total. The number of aliphatic imine (C=N–C) groups is 1. The van der Waals surface area contributed by atoms with Gasteiger partial charge in [-0.3, -0.25) is 0 Å². The minimum Gasteiger partial charge on any atom is -0.378 e. The molecule has 0 spiro atoms. The van der Waals surface area contributed by atoms with Gasteiger partial charge >= 0.3 is 0 Å². The van der Waals surface area contributed by atoms with Crippen LogP contribution in [0, 0.1) is 0 Å². The number of para-hydroxylation sites is 1. The molecule has 2 rings (SSSR count). The van der Waals surface area contributed by atoms with E-state index in [2.05, 4.69) is 10.4 Å². The van der Waals surface area contributed by atoms with Crippen LogP contribution in [0.15, 0.2) is 35.3 Å². The fourth-order valence-electron chi connectivity index (χ4n) is 2.11. The minimum absolute atomic E-state index is 0.0556. The topological polar surface area (TPSA) is 59.6 Å². The van der Waals surface area contributed by atoms with E-state index in [9.17, 15) is 0 Å². The Labute approximate surface area is 102 Å². The Morgan fingerprint density at radius 1 is 1.41 bits per heavy atom. The molecule has 0 saturated heterocycles. The van der Waals surface area contributed by atoms with Crippen LogP contribution in [0.25, 0.3) is 0 Å². The SMILES string of the molecule is COC1(CC(=Nc2ccccc2)NN)CCC1. The summed E-state index contributed by atoms with van der Waals surface area (Å²) in [5, 5.41) is 0. The van der Waals surface area contributed by atoms with Gasteiger partial charge in [0.1, 0.15) is 5.84 Å². The molecule has 17 heavy (non-hydrogen) atoms. The Balaban J connectivity index is 2.09. The van der Waals surface area contributed by atoms with E-state index >= 15 is 0 Å². The first-order chi connectivity index (χ1) is 8.28. The van der Waals surface area contributed by atoms with E-state index in [1.165, 1.54) is 6.42 Å². The van der Waals surface area contributed by atoms with Crippen LogP contribution < -0.4 is 11.3 Å². The van der Waals surface area contributed by atoms with E-state index in [1.54, 1.807) is 7.11 Å². The third kappa shape index (κ3) is 2.84. The summed E-state index contributed by atoms with van der Waals surface area (Å²) in [6.45, 7) is 0. The number of rotatable bonds is 4. The van der Waals surface area contributed by atoms with Gasteiger partial charge in [-0.05, 0) is 31.4 Å². The number of hydrogen-bond acceptors (Lipinski definition) is 3. The molecule has 92 valence electrons. The van der Waals surface area contributed by atoms with Gasteiger partial charge in [-0.25, -0.2) is 10.8 Å². The maximum Gasteiger partial charge on any atom is 0.119 e. The van der Waals surface area contributed by atoms with Gasteiger partial charge in [-0.2, -0.15) is 0 Å². The van der Waals surface area contributed by atoms with E-state index < -0.39 is 0 Å². The van der Waals surface area contributed by atoms with Crippen molar-refractivity contribution < 1.29 is 4.74 Å². The van der Waals surface area contributed by atoms with Gasteiger partial charge in [-0.15, -0.1) is 0 Å². The Bertz CT molecular complexity index is 379. The third-order valence-corrected chi connectivity index (χ3v) is 3.37. The quantitative estimate of drug-likeness (QED) is 0.362. The van der Waals surface area contributed by atoms with Crippen LogP contribution in [0.2, 0.25) is 0 Å². The molecule has 1 fully saturated rings. The number of hydrogen-bond donors (Lipinski definition) is 2. The monoisotopic (exact) mass is 233 g/mol. The van der Waals surface area contributed by atoms with Crippen LogP contribution in [0.3, 0.4) is 0 Å². The van der Waals surface area contributed by atoms with Gasteiger partial charge in [-0.1, -0.05) is 18.2 Å². The number of nitrogens with zero attached hydrogens (tertiary/aromatic N) is 1. The number of benzene rings is 1. The second-order valence-electron chi connectivity index (χ2n) is 4.46. The van der Waals surface area contributed by atoms with E-state index in [0.29, 0.717) is 0 Å². The Morgan fingerprint density at radius 3 is 2.59 bits per heavy atom. The summed E-state index contributed by atoms with van der Waals surface area (Å²) in [7, 11) is 1.76. The number of hydrazine groups is 1. The highest BCUT2D eigenvalue weighted by atomic mass is 16.5. The lowest BCUT2D eigenvalue weighted by Gasteiger charge is -2.40. The van der Waals surface area contributed by atoms with E-state index in [-0.39, 0.29) is 5.60 Å². The standard InChI is InChI=1S/C13H19N3O/c1-17-13(8-5-9-13)10-12(16-14)15-11-6-3-2-4-7-11/h2-4,6-7H,5,8-10,14H2,1H3,(H,15,16). The summed E-state index contributed by atoms with van der Waals surface area (Å²) < 4.78 is 5.57. The number of methoxy groups -OCH3 is 1. The lowest BCUT2D eigenvalue weighted by Crippen LogP contribution is -2.45. The zero-order valence-electron chi connectivity index (χ0n) is 10.1. The summed E-state index contributed by atoms with van der Waals surface area (Å²) >= 11 is 0. The maximum absolute atomic E-state index is 5.57. The third-order valence-electron chi connectivity index (χ3n) is 3.37. The van der Waals surface area contributed by atoms with Crippen molar-refractivity contribution in [3.63, 3.8) is 0 Å². The molecule has 4 heteroatoms. The predicted molar refractivity (Wildman–Crippen MR) is 69.1 cm³/mol. The Kier molecular flexibility index (Phi) is 3.76. The predicted octanol–water partition coefficient (Wildman–Crippen LogP) is 2.14. The van der Waals surface area contributed by atoms with Gasteiger partial charge in [0.15, 0.2) is 0 Å². The number of nitrogens with two attached hydrogens (primary N) is 1. The first-order valence-electron chi connectivity index (χ1n) is 5.92. The normalized spacial score (nSPS) is 18.6. The van der Waals surface area contributed by atoms with Crippen LogP contribution in [0.4, 0.5) is 5.69 Å². The van der Waals surface area contributed by atoms with Crippen molar-refractivity contribution in [2.75, 3.05) is 7.11 Å². The highest BCUT2D eigenvalue weighted by Gasteiger charge is 2.38. The molecule has 1 aromatic rings. The van der Waals surface area contributed by atoms with Crippen LogP contribution in [-0.2, 0) is 4.74 Å². The van der Waals surface area contributed by atoms with E-state index in [1.807, 2.05) is 30.3 Å². The van der Waals surface area contributed by atoms with Gasteiger partial charge in [0.2, 0.25) is 0 Å². The second kappa shape index (κ2) is 5.29. The number of ether oxygens (including phenoxy) is 1. The zero-order valence-corrected chi connectivity index (χ0v) is 10.1. The molecular formula is C13H19N3O. The Hall–Kier alpha value is -1.39. The van der Waals surface area contributed by atoms with Crippen LogP contribution >= 0.6 is 0 Å². The smallest absolute Gasteiger partial charge is 0.119 e. The molecule has 1 aromatic carbocycles. The summed E-state index contributed by atoms with van der Waals surface area (Å²) in [6.07, 6.45) is 4.13. The molecule has 1 aliphatic rings. The Morgan fingerprint density at radius 2 is 2.12 bits per heavy atom. The lowest BCUT2D eigenvalue weighted by atomic mass is 9.77. The first-order valence-corrected chi connectivity index (χ1v) is 5.92. The molecule has 0 unspecified atom stereocenters. The lowest BCUT2D eigenvalue weighted by molar-refractivity contribution is -0.0658. The van der Waals surface area contributed by atoms with Crippen molar-refractivity contribution in [1.82, 2.24) is 5.43 Å². The van der Waals surface area contributed by atoms with E-state index in [0.717, 1.165) is 30.8 Å². The maximum atomic E-state index is 5.57. The summed E-state index contributed by atoms with van der Waals surface area (Å²) in [6, 6.07) is 9.80. The van der Waals surface area contributed by atoms with Crippen LogP contribution in [-0.4, -0.2) is 18.5 Å². The molecule has 1 aliphatic carbocycles. The minimum atomic E-state index is -0.0556. The van der Waals surface area contributed by atoms with Crippen molar-refractivity contribution in [2.24, 2.45) is 10.8 Å². The average Bonchev–Trinajstić information content (AvgIpc) is 2.33. The van der Waals surface area contributed by atoms with Gasteiger partial charge in [0, 0.05) is 13.5 Å². The molecule has 0 aliphatic heterocycles. The average molecular weight is 233 g/mol. The van der Waals surface area contributed by atoms with Crippen molar-refractivity contribution in [1.29, 1.82) is 0 Å². The molecule has 0 radical (unpaired) electrons. The number of amidine groups is 1. The van der Waals surface area contributed by atoms with Crippen molar-refractivity contribution in [3.05, 3.63) is 30.3 Å². The highest BCUT2D eigenvalue weighted by Crippen LogP contribution is 2.38. The van der Waals surface area contributed by atoms with Gasteiger partial charge in [0.05, 0.1) is 11.3 Å². The molecule has 0 aromatic heterocycles. The molecule has 4 nitrogen and oxygen atoms in total. The van der Waals surface area contributed by atoms with Crippen molar-refractivity contribution in [2.45, 2.75) is 31.3 Å². The molecule has 1 saturated carbocycles. The second-order valence-corrected chi connectivity index (χ2v) is 4.46. The molecule has 0 amide bonds. The molecule has 0 heterocycles. The fourth-order valence-corrected chi connectivity index (χ4v) is 2.11. The van der Waals surface area contributed by atoms with Gasteiger partial charge in [0.25, 0.3) is 0 Å². The molecular weight excluding hydrogens is 214 g/mol. The highest BCUT2D eigenvalue weighted by molar-refractivity contribution is 5.85. The largest absolute Gasteiger partial charge is 0.378 e. The van der Waals surface area contributed by atoms with Crippen LogP contribution in [0.5, 0.6) is 0 Å². The van der Waals surface area contributed by atoms with E-state index in [4.69, 9.17) is 10.6 Å². The molecule has 0 atom stereocenters. The molecule has 0 bridgehead atoms. The van der Waals surface area contributed by atoms with Crippen LogP contribution in [0.1, 0.15) is 25.7 Å². The fraction of sp³-hybridized carbons (Fsp3) is 0.462. The summed E-state index contributed by atoms with van der Waals surface area (Å²) in [4.78, 5) is 4.49. The van der Waals surface area contributed by atoms with Crippen molar-refractivity contribution in [3.8, 4) is 0 Å². The van der Waals surface area contributed by atoms with Crippen molar-refractivity contribution >= 4 is 11.5 Å². The van der Waals surface area contributed by atoms with Gasteiger partial charge < -0.3 is 10.2 Å². The summed E-state index contributed by atoms with van der Waals surface area (Å²) in [5.74, 6) is 6.30. The summed E-state index contributed by atoms with van der Waals surface area (Å²) in [5.41, 5.74) is 3.53. The number of nitrogens with one attached hydrogen (secondary N) is 1.